The molecule has 0 aromatic heterocycles. The van der Waals surface area contributed by atoms with E-state index in [9.17, 15) is 18.8 Å². The SMILES string of the molecule is C/C(=N\NC(=O)C(=O)Nc1ccc(C(N)=O)cc1)c1ccc(OCc2ccc(F)cc2)cc1. The number of carbonyl (C=O) groups excluding carboxylic acids is 3. The molecule has 3 amide bonds. The van der Waals surface area contributed by atoms with Crippen molar-refractivity contribution >= 4 is 29.1 Å². The number of nitrogens with one attached hydrogen (secondary N) is 2. The predicted octanol–water partition coefficient (Wildman–Crippen LogP) is 2.98. The van der Waals surface area contributed by atoms with Crippen molar-refractivity contribution in [1.82, 2.24) is 5.43 Å². The third-order valence-electron chi connectivity index (χ3n) is 4.55. The molecule has 9 heteroatoms. The van der Waals surface area contributed by atoms with Crippen LogP contribution in [-0.2, 0) is 16.2 Å². The first-order chi connectivity index (χ1) is 15.8. The predicted molar refractivity (Wildman–Crippen MR) is 121 cm³/mol. The third-order valence-corrected chi connectivity index (χ3v) is 4.55. The zero-order valence-corrected chi connectivity index (χ0v) is 17.7. The first-order valence-electron chi connectivity index (χ1n) is 9.85. The molecule has 0 bridgehead atoms. The Bertz CT molecular complexity index is 1170. The Morgan fingerprint density at radius 2 is 1.48 bits per heavy atom. The summed E-state index contributed by atoms with van der Waals surface area (Å²) in [4.78, 5) is 35.1. The van der Waals surface area contributed by atoms with Crippen molar-refractivity contribution in [1.29, 1.82) is 0 Å². The number of halogens is 1. The van der Waals surface area contributed by atoms with E-state index in [0.29, 0.717) is 29.3 Å². The fourth-order valence-corrected chi connectivity index (χ4v) is 2.70. The number of nitrogens with two attached hydrogens (primary N) is 1. The lowest BCUT2D eigenvalue weighted by Crippen LogP contribution is -2.33. The van der Waals surface area contributed by atoms with Crippen LogP contribution in [0.2, 0.25) is 0 Å². The number of anilines is 1. The highest BCUT2D eigenvalue weighted by atomic mass is 19.1. The van der Waals surface area contributed by atoms with Gasteiger partial charge in [0.15, 0.2) is 0 Å². The molecule has 8 nitrogen and oxygen atoms in total. The molecule has 3 aromatic carbocycles. The van der Waals surface area contributed by atoms with Crippen LogP contribution in [0, 0.1) is 5.82 Å². The van der Waals surface area contributed by atoms with Gasteiger partial charge in [-0.3, -0.25) is 14.4 Å². The van der Waals surface area contributed by atoms with Crippen LogP contribution < -0.4 is 21.2 Å². The largest absolute Gasteiger partial charge is 0.489 e. The zero-order valence-electron chi connectivity index (χ0n) is 17.7. The zero-order chi connectivity index (χ0) is 23.8. The van der Waals surface area contributed by atoms with Gasteiger partial charge in [-0.25, -0.2) is 9.82 Å². The van der Waals surface area contributed by atoms with E-state index >= 15 is 0 Å². The number of ether oxygens (including phenoxy) is 1. The van der Waals surface area contributed by atoms with E-state index in [-0.39, 0.29) is 11.4 Å². The van der Waals surface area contributed by atoms with Crippen molar-refractivity contribution in [2.75, 3.05) is 5.32 Å². The van der Waals surface area contributed by atoms with E-state index in [4.69, 9.17) is 10.5 Å². The molecule has 4 N–H and O–H groups in total. The van der Waals surface area contributed by atoms with Crippen LogP contribution in [0.3, 0.4) is 0 Å². The Labute approximate surface area is 189 Å². The molecular formula is C24H21FN4O4. The average Bonchev–Trinajstić information content (AvgIpc) is 2.82. The summed E-state index contributed by atoms with van der Waals surface area (Å²) in [5.74, 6) is -2.15. The monoisotopic (exact) mass is 448 g/mol. The normalized spacial score (nSPS) is 10.9. The molecule has 0 aliphatic heterocycles. The maximum Gasteiger partial charge on any atom is 0.329 e. The van der Waals surface area contributed by atoms with Crippen LogP contribution in [0.15, 0.2) is 77.9 Å². The van der Waals surface area contributed by atoms with Gasteiger partial charge in [0.1, 0.15) is 18.2 Å². The number of rotatable bonds is 7. The quantitative estimate of drug-likeness (QED) is 0.292. The molecule has 3 rings (SSSR count). The molecule has 0 radical (unpaired) electrons. The summed E-state index contributed by atoms with van der Waals surface area (Å²) in [5.41, 5.74) is 10.00. The number of benzene rings is 3. The van der Waals surface area contributed by atoms with E-state index in [1.165, 1.54) is 36.4 Å². The second-order valence-electron chi connectivity index (χ2n) is 6.97. The molecule has 168 valence electrons. The lowest BCUT2D eigenvalue weighted by molar-refractivity contribution is -0.136. The van der Waals surface area contributed by atoms with Crippen molar-refractivity contribution in [3.05, 3.63) is 95.3 Å². The van der Waals surface area contributed by atoms with E-state index in [2.05, 4.69) is 15.8 Å². The van der Waals surface area contributed by atoms with Gasteiger partial charge in [0.25, 0.3) is 0 Å². The number of hydrogen-bond donors (Lipinski definition) is 3. The lowest BCUT2D eigenvalue weighted by atomic mass is 10.1. The Morgan fingerprint density at radius 3 is 2.09 bits per heavy atom. The first kappa shape index (κ1) is 23.1. The summed E-state index contributed by atoms with van der Waals surface area (Å²) < 4.78 is 18.6. The van der Waals surface area contributed by atoms with Gasteiger partial charge >= 0.3 is 11.8 Å². The van der Waals surface area contributed by atoms with Gasteiger partial charge in [0.2, 0.25) is 5.91 Å². The minimum absolute atomic E-state index is 0.282. The maximum absolute atomic E-state index is 12.9. The molecule has 0 atom stereocenters. The van der Waals surface area contributed by atoms with Crippen LogP contribution in [0.5, 0.6) is 5.75 Å². The highest BCUT2D eigenvalue weighted by Gasteiger charge is 2.13. The molecule has 0 fully saturated rings. The molecule has 0 aliphatic carbocycles. The van der Waals surface area contributed by atoms with Gasteiger partial charge in [0.05, 0.1) is 5.71 Å². The topological polar surface area (TPSA) is 123 Å². The molecule has 0 saturated heterocycles. The molecule has 0 heterocycles. The standard InChI is InChI=1S/C24H21FN4O4/c1-15(17-6-12-21(13-7-17)33-14-16-2-8-19(25)9-3-16)28-29-24(32)23(31)27-20-10-4-18(5-11-20)22(26)30/h2-13H,14H2,1H3,(H2,26,30)(H,27,31)(H,29,32)/b28-15+. The number of amides is 3. The minimum Gasteiger partial charge on any atom is -0.489 e. The number of nitrogens with zero attached hydrogens (tertiary/aromatic N) is 1. The van der Waals surface area contributed by atoms with Gasteiger partial charge in [0, 0.05) is 11.3 Å². The number of primary amides is 1. The van der Waals surface area contributed by atoms with Crippen molar-refractivity contribution in [2.24, 2.45) is 10.8 Å². The smallest absolute Gasteiger partial charge is 0.329 e. The molecule has 33 heavy (non-hydrogen) atoms. The third kappa shape index (κ3) is 6.73. The highest BCUT2D eigenvalue weighted by molar-refractivity contribution is 6.39. The van der Waals surface area contributed by atoms with Crippen LogP contribution in [-0.4, -0.2) is 23.4 Å². The first-order valence-corrected chi connectivity index (χ1v) is 9.85. The van der Waals surface area contributed by atoms with Crippen LogP contribution in [0.25, 0.3) is 0 Å². The Kier molecular flexibility index (Phi) is 7.48. The second kappa shape index (κ2) is 10.7. The summed E-state index contributed by atoms with van der Waals surface area (Å²) >= 11 is 0. The number of hydrogen-bond acceptors (Lipinski definition) is 5. The molecule has 0 saturated carbocycles. The Morgan fingerprint density at radius 1 is 0.879 bits per heavy atom. The van der Waals surface area contributed by atoms with Crippen LogP contribution >= 0.6 is 0 Å². The fourth-order valence-electron chi connectivity index (χ4n) is 2.70. The lowest BCUT2D eigenvalue weighted by Gasteiger charge is -2.08. The van der Waals surface area contributed by atoms with E-state index in [1.54, 1.807) is 43.3 Å². The van der Waals surface area contributed by atoms with Crippen molar-refractivity contribution in [3.63, 3.8) is 0 Å². The van der Waals surface area contributed by atoms with Crippen molar-refractivity contribution < 1.29 is 23.5 Å². The van der Waals surface area contributed by atoms with Crippen molar-refractivity contribution in [2.45, 2.75) is 13.5 Å². The van der Waals surface area contributed by atoms with Gasteiger partial charge in [-0.15, -0.1) is 0 Å². The molecule has 3 aromatic rings. The maximum atomic E-state index is 12.9. The van der Waals surface area contributed by atoms with Gasteiger partial charge in [-0.1, -0.05) is 12.1 Å². The highest BCUT2D eigenvalue weighted by Crippen LogP contribution is 2.15. The van der Waals surface area contributed by atoms with Crippen LogP contribution in [0.4, 0.5) is 10.1 Å². The molecular weight excluding hydrogens is 427 g/mol. The van der Waals surface area contributed by atoms with Crippen molar-refractivity contribution in [3.8, 4) is 5.75 Å². The summed E-state index contributed by atoms with van der Waals surface area (Å²) in [6.07, 6.45) is 0. The summed E-state index contributed by atoms with van der Waals surface area (Å²) in [7, 11) is 0. The molecule has 0 unspecified atom stereocenters. The molecule has 0 spiro atoms. The van der Waals surface area contributed by atoms with Gasteiger partial charge < -0.3 is 15.8 Å². The molecule has 0 aliphatic rings. The van der Waals surface area contributed by atoms with E-state index in [0.717, 1.165) is 5.56 Å². The second-order valence-corrected chi connectivity index (χ2v) is 6.97. The fraction of sp³-hybridized carbons (Fsp3) is 0.0833. The summed E-state index contributed by atoms with van der Waals surface area (Å²) in [5, 5.41) is 6.34. The van der Waals surface area contributed by atoms with Crippen LogP contribution in [0.1, 0.15) is 28.4 Å². The summed E-state index contributed by atoms with van der Waals surface area (Å²) in [6.45, 7) is 1.97. The number of carbonyl (C=O) groups is 3. The van der Waals surface area contributed by atoms with E-state index < -0.39 is 17.7 Å². The average molecular weight is 448 g/mol. The number of hydrazone groups is 1. The summed E-state index contributed by atoms with van der Waals surface area (Å²) in [6, 6.07) is 18.8. The van der Waals surface area contributed by atoms with Gasteiger partial charge in [-0.2, -0.15) is 5.10 Å². The van der Waals surface area contributed by atoms with Gasteiger partial charge in [-0.05, 0) is 78.7 Å². The Hall–Kier alpha value is -4.53. The Balaban J connectivity index is 1.51. The van der Waals surface area contributed by atoms with E-state index in [1.807, 2.05) is 0 Å². The minimum atomic E-state index is -0.951.